The minimum Gasteiger partial charge on any atom is -0.399 e. The molecule has 0 unspecified atom stereocenters. The zero-order valence-corrected chi connectivity index (χ0v) is 13.7. The molecular weight excluding hydrogens is 350 g/mol. The van der Waals surface area contributed by atoms with Crippen LogP contribution in [-0.4, -0.2) is 5.78 Å². The zero-order valence-electron chi connectivity index (χ0n) is 11.4. The molecule has 108 valence electrons. The van der Waals surface area contributed by atoms with Crippen LogP contribution < -0.4 is 5.73 Å². The Labute approximate surface area is 137 Å². The van der Waals surface area contributed by atoms with Crippen LogP contribution >= 0.6 is 27.5 Å². The van der Waals surface area contributed by atoms with Crippen molar-refractivity contribution in [3.05, 3.63) is 63.1 Å². The molecule has 0 amide bonds. The summed E-state index contributed by atoms with van der Waals surface area (Å²) in [4.78, 5) is 12.7. The number of rotatable bonds is 4. The molecule has 2 N–H and O–H groups in total. The zero-order chi connectivity index (χ0) is 15.0. The predicted molar refractivity (Wildman–Crippen MR) is 89.6 cm³/mol. The van der Waals surface area contributed by atoms with Crippen LogP contribution in [0.5, 0.6) is 0 Å². The van der Waals surface area contributed by atoms with Gasteiger partial charge in [0.15, 0.2) is 0 Å². The van der Waals surface area contributed by atoms with Gasteiger partial charge in [-0.2, -0.15) is 0 Å². The third kappa shape index (κ3) is 2.85. The Hall–Kier alpha value is -1.32. The maximum atomic E-state index is 12.7. The first-order valence-corrected chi connectivity index (χ1v) is 8.02. The van der Waals surface area contributed by atoms with Crippen LogP contribution in [0.2, 0.25) is 5.02 Å². The Morgan fingerprint density at radius 2 is 1.86 bits per heavy atom. The molecule has 4 heteroatoms. The predicted octanol–water partition coefficient (Wildman–Crippen LogP) is 4.53. The maximum Gasteiger partial charge on any atom is 0.147 e. The van der Waals surface area contributed by atoms with Crippen molar-refractivity contribution in [2.75, 3.05) is 5.73 Å². The number of carbonyl (C=O) groups excluding carboxylic acids is 1. The molecule has 1 aliphatic rings. The Balaban J connectivity index is 1.83. The van der Waals surface area contributed by atoms with E-state index in [0.29, 0.717) is 11.4 Å². The van der Waals surface area contributed by atoms with Gasteiger partial charge < -0.3 is 5.73 Å². The summed E-state index contributed by atoms with van der Waals surface area (Å²) < 4.78 is 0.920. The number of nitrogen functional groups attached to an aromatic ring is 1. The van der Waals surface area contributed by atoms with E-state index < -0.39 is 0 Å². The number of anilines is 1. The minimum absolute atomic E-state index is 0.233. The SMILES string of the molecule is Nc1ccc(C2(C(=O)Cc3ccc(Br)cc3Cl)CC2)cc1. The van der Waals surface area contributed by atoms with Crippen molar-refractivity contribution in [1.82, 2.24) is 0 Å². The van der Waals surface area contributed by atoms with Gasteiger partial charge >= 0.3 is 0 Å². The molecule has 1 fully saturated rings. The number of ketones is 1. The molecule has 2 aromatic rings. The van der Waals surface area contributed by atoms with Gasteiger partial charge in [-0.1, -0.05) is 45.7 Å². The van der Waals surface area contributed by atoms with Gasteiger partial charge in [-0.25, -0.2) is 0 Å². The third-order valence-electron chi connectivity index (χ3n) is 4.11. The Morgan fingerprint density at radius 3 is 2.43 bits per heavy atom. The second kappa shape index (κ2) is 5.47. The first-order chi connectivity index (χ1) is 10.0. The van der Waals surface area contributed by atoms with E-state index in [0.717, 1.165) is 34.1 Å². The number of Topliss-reactive ketones (excluding diaryl/α,β-unsaturated/α-hetero) is 1. The van der Waals surface area contributed by atoms with Crippen molar-refractivity contribution in [2.45, 2.75) is 24.7 Å². The Kier molecular flexibility index (Phi) is 3.80. The summed E-state index contributed by atoms with van der Waals surface area (Å²) in [6.45, 7) is 0. The molecule has 3 rings (SSSR count). The van der Waals surface area contributed by atoms with E-state index in [9.17, 15) is 4.79 Å². The second-order valence-corrected chi connectivity index (χ2v) is 6.86. The summed E-state index contributed by atoms with van der Waals surface area (Å²) in [6.07, 6.45) is 2.18. The van der Waals surface area contributed by atoms with Crippen LogP contribution in [0.25, 0.3) is 0 Å². The molecule has 0 bridgehead atoms. The molecule has 0 heterocycles. The normalized spacial score (nSPS) is 15.7. The summed E-state index contributed by atoms with van der Waals surface area (Å²) in [5.41, 5.74) is 8.05. The molecule has 0 aliphatic heterocycles. The highest BCUT2D eigenvalue weighted by molar-refractivity contribution is 9.10. The van der Waals surface area contributed by atoms with Gasteiger partial charge in [0.25, 0.3) is 0 Å². The van der Waals surface area contributed by atoms with E-state index in [1.54, 1.807) is 0 Å². The van der Waals surface area contributed by atoms with Gasteiger partial charge in [0.2, 0.25) is 0 Å². The quantitative estimate of drug-likeness (QED) is 0.810. The molecule has 21 heavy (non-hydrogen) atoms. The average molecular weight is 365 g/mol. The van der Waals surface area contributed by atoms with E-state index in [1.165, 1.54) is 0 Å². The fraction of sp³-hybridized carbons (Fsp3) is 0.235. The molecule has 0 spiro atoms. The van der Waals surface area contributed by atoms with Gasteiger partial charge in [0.1, 0.15) is 5.78 Å². The van der Waals surface area contributed by atoms with Gasteiger partial charge in [0, 0.05) is 21.6 Å². The highest BCUT2D eigenvalue weighted by atomic mass is 79.9. The molecule has 1 aliphatic carbocycles. The van der Waals surface area contributed by atoms with Crippen molar-refractivity contribution < 1.29 is 4.79 Å². The van der Waals surface area contributed by atoms with E-state index in [2.05, 4.69) is 15.9 Å². The summed E-state index contributed by atoms with van der Waals surface area (Å²) in [5.74, 6) is 0.233. The van der Waals surface area contributed by atoms with E-state index in [-0.39, 0.29) is 11.2 Å². The molecule has 0 saturated heterocycles. The topological polar surface area (TPSA) is 43.1 Å². The van der Waals surface area contributed by atoms with Gasteiger partial charge in [-0.05, 0) is 48.2 Å². The lowest BCUT2D eigenvalue weighted by atomic mass is 9.88. The van der Waals surface area contributed by atoms with Crippen molar-refractivity contribution in [3.8, 4) is 0 Å². The lowest BCUT2D eigenvalue weighted by molar-refractivity contribution is -0.120. The fourth-order valence-corrected chi connectivity index (χ4v) is 3.40. The van der Waals surface area contributed by atoms with Gasteiger partial charge in [-0.15, -0.1) is 0 Å². The monoisotopic (exact) mass is 363 g/mol. The highest BCUT2D eigenvalue weighted by Gasteiger charge is 2.50. The largest absolute Gasteiger partial charge is 0.399 e. The number of halogens is 2. The first kappa shape index (κ1) is 14.6. The fourth-order valence-electron chi connectivity index (χ4n) is 2.66. The summed E-state index contributed by atoms with van der Waals surface area (Å²) in [6, 6.07) is 13.3. The van der Waals surface area contributed by atoms with Crippen LogP contribution in [0.3, 0.4) is 0 Å². The molecular formula is C17H15BrClNO. The van der Waals surface area contributed by atoms with Gasteiger partial charge in [-0.3, -0.25) is 4.79 Å². The van der Waals surface area contributed by atoms with Crippen molar-refractivity contribution in [2.24, 2.45) is 0 Å². The van der Waals surface area contributed by atoms with Crippen molar-refractivity contribution in [3.63, 3.8) is 0 Å². The summed E-state index contributed by atoms with van der Waals surface area (Å²) in [7, 11) is 0. The maximum absolute atomic E-state index is 12.7. The molecule has 1 saturated carbocycles. The second-order valence-electron chi connectivity index (χ2n) is 5.54. The molecule has 2 nitrogen and oxygen atoms in total. The number of benzene rings is 2. The average Bonchev–Trinajstić information content (AvgIpc) is 3.24. The minimum atomic E-state index is -0.329. The van der Waals surface area contributed by atoms with E-state index >= 15 is 0 Å². The lowest BCUT2D eigenvalue weighted by Crippen LogP contribution is -2.22. The molecule has 2 aromatic carbocycles. The molecule has 0 aromatic heterocycles. The van der Waals surface area contributed by atoms with Crippen LogP contribution in [-0.2, 0) is 16.6 Å². The molecule has 0 radical (unpaired) electrons. The van der Waals surface area contributed by atoms with Crippen molar-refractivity contribution in [1.29, 1.82) is 0 Å². The Morgan fingerprint density at radius 1 is 1.19 bits per heavy atom. The summed E-state index contributed by atoms with van der Waals surface area (Å²) >= 11 is 9.59. The number of hydrogen-bond donors (Lipinski definition) is 1. The van der Waals surface area contributed by atoms with Crippen LogP contribution in [0.4, 0.5) is 5.69 Å². The standard InChI is InChI=1S/C17H15BrClNO/c18-13-4-1-11(15(19)10-13)9-16(21)17(7-8-17)12-2-5-14(20)6-3-12/h1-6,10H,7-9,20H2. The number of nitrogens with two attached hydrogens (primary N) is 1. The first-order valence-electron chi connectivity index (χ1n) is 6.84. The van der Waals surface area contributed by atoms with E-state index in [4.69, 9.17) is 17.3 Å². The Bertz CT molecular complexity index is 692. The summed E-state index contributed by atoms with van der Waals surface area (Å²) in [5, 5.41) is 0.630. The third-order valence-corrected chi connectivity index (χ3v) is 4.96. The lowest BCUT2D eigenvalue weighted by Gasteiger charge is -2.15. The highest BCUT2D eigenvalue weighted by Crippen LogP contribution is 2.49. The van der Waals surface area contributed by atoms with E-state index in [1.807, 2.05) is 42.5 Å². The molecule has 0 atom stereocenters. The van der Waals surface area contributed by atoms with Crippen molar-refractivity contribution >= 4 is 39.0 Å². The number of carbonyl (C=O) groups is 1. The van der Waals surface area contributed by atoms with Crippen LogP contribution in [0.1, 0.15) is 24.0 Å². The smallest absolute Gasteiger partial charge is 0.147 e. The van der Waals surface area contributed by atoms with Gasteiger partial charge in [0.05, 0.1) is 5.41 Å². The van der Waals surface area contributed by atoms with Crippen LogP contribution in [0, 0.1) is 0 Å². The number of hydrogen-bond acceptors (Lipinski definition) is 2. The van der Waals surface area contributed by atoms with Crippen LogP contribution in [0.15, 0.2) is 46.9 Å².